The van der Waals surface area contributed by atoms with Gasteiger partial charge >= 0.3 is 0 Å². The highest BCUT2D eigenvalue weighted by atomic mass is 79.9. The second-order valence-corrected chi connectivity index (χ2v) is 6.86. The van der Waals surface area contributed by atoms with Gasteiger partial charge in [0, 0.05) is 10.5 Å². The van der Waals surface area contributed by atoms with Gasteiger partial charge in [0.1, 0.15) is 5.75 Å². The molecule has 0 aliphatic rings. The monoisotopic (exact) mass is 333 g/mol. The van der Waals surface area contributed by atoms with Gasteiger partial charge < -0.3 is 5.11 Å². The van der Waals surface area contributed by atoms with Crippen LogP contribution in [0.5, 0.6) is 5.75 Å². The van der Waals surface area contributed by atoms with Crippen LogP contribution in [0.4, 0.5) is 5.69 Å². The highest BCUT2D eigenvalue weighted by Gasteiger charge is 2.19. The fraction of sp³-hybridized carbons (Fsp3) is 0. The lowest BCUT2D eigenvalue weighted by Gasteiger charge is -2.06. The summed E-state index contributed by atoms with van der Waals surface area (Å²) >= 11 is 4.29. The van der Waals surface area contributed by atoms with Crippen LogP contribution < -0.4 is 4.72 Å². The van der Waals surface area contributed by atoms with Gasteiger partial charge in [-0.3, -0.25) is 4.72 Å². The summed E-state index contributed by atoms with van der Waals surface area (Å²) in [5.41, 5.74) is 0.324. The Balaban J connectivity index is 2.33. The number of sulfonamides is 1. The zero-order valence-electron chi connectivity index (χ0n) is 8.42. The number of hydrogen-bond acceptors (Lipinski definition) is 4. The van der Waals surface area contributed by atoms with Crippen LogP contribution in [0.15, 0.2) is 44.4 Å². The zero-order valence-corrected chi connectivity index (χ0v) is 11.6. The quantitative estimate of drug-likeness (QED) is 0.907. The van der Waals surface area contributed by atoms with Gasteiger partial charge in [-0.25, -0.2) is 8.42 Å². The second-order valence-electron chi connectivity index (χ2n) is 3.21. The van der Waals surface area contributed by atoms with Crippen LogP contribution in [-0.4, -0.2) is 13.5 Å². The molecule has 1 aromatic carbocycles. The van der Waals surface area contributed by atoms with E-state index in [4.69, 9.17) is 0 Å². The van der Waals surface area contributed by atoms with E-state index < -0.39 is 10.0 Å². The number of anilines is 1. The minimum Gasteiger partial charge on any atom is -0.508 e. The van der Waals surface area contributed by atoms with E-state index in [1.807, 2.05) is 0 Å². The van der Waals surface area contributed by atoms with Crippen molar-refractivity contribution in [2.45, 2.75) is 4.21 Å². The van der Waals surface area contributed by atoms with Gasteiger partial charge in [0.25, 0.3) is 10.0 Å². The topological polar surface area (TPSA) is 66.4 Å². The first-order chi connectivity index (χ1) is 7.99. The summed E-state index contributed by atoms with van der Waals surface area (Å²) in [6, 6.07) is 7.62. The Morgan fingerprint density at radius 1 is 1.29 bits per heavy atom. The summed E-state index contributed by atoms with van der Waals surface area (Å²) in [5, 5.41) is 10.9. The molecule has 90 valence electrons. The lowest BCUT2D eigenvalue weighted by molar-refractivity contribution is 0.475. The summed E-state index contributed by atoms with van der Waals surface area (Å²) < 4.78 is 27.1. The molecule has 1 heterocycles. The maximum absolute atomic E-state index is 12.0. The number of aromatic hydroxyl groups is 1. The Hall–Kier alpha value is -1.05. The highest BCUT2D eigenvalue weighted by Crippen LogP contribution is 2.29. The number of phenolic OH excluding ortho intramolecular Hbond substituents is 1. The molecule has 2 N–H and O–H groups in total. The summed E-state index contributed by atoms with van der Waals surface area (Å²) in [6.07, 6.45) is 0. The minimum absolute atomic E-state index is 0.00967. The average Bonchev–Trinajstić information content (AvgIpc) is 2.64. The molecule has 17 heavy (non-hydrogen) atoms. The third kappa shape index (κ3) is 2.80. The zero-order chi connectivity index (χ0) is 12.5. The Kier molecular flexibility index (Phi) is 3.41. The smallest absolute Gasteiger partial charge is 0.272 e. The lowest BCUT2D eigenvalue weighted by atomic mass is 10.3. The standard InChI is InChI=1S/C10H8BrNO3S2/c11-9-4-5-16-10(9)17(14,15)12-7-2-1-3-8(13)6-7/h1-6,12-13H. The Bertz CT molecular complexity index is 637. The number of rotatable bonds is 3. The number of nitrogens with one attached hydrogen (secondary N) is 1. The molecule has 0 saturated heterocycles. The fourth-order valence-electron chi connectivity index (χ4n) is 1.24. The molecule has 0 radical (unpaired) electrons. The van der Waals surface area contributed by atoms with Crippen LogP contribution >= 0.6 is 27.3 Å². The van der Waals surface area contributed by atoms with Crippen LogP contribution in [0, 0.1) is 0 Å². The predicted molar refractivity (Wildman–Crippen MR) is 70.9 cm³/mol. The molecule has 0 aliphatic carbocycles. The summed E-state index contributed by atoms with van der Waals surface area (Å²) in [5.74, 6) is 0.00967. The van der Waals surface area contributed by atoms with Gasteiger partial charge in [-0.2, -0.15) is 0 Å². The third-order valence-electron chi connectivity index (χ3n) is 1.93. The maximum Gasteiger partial charge on any atom is 0.272 e. The molecule has 1 aromatic heterocycles. The average molecular weight is 334 g/mol. The SMILES string of the molecule is O=S(=O)(Nc1cccc(O)c1)c1sccc1Br. The van der Waals surface area contributed by atoms with Crippen molar-refractivity contribution in [2.75, 3.05) is 4.72 Å². The molecular weight excluding hydrogens is 326 g/mol. The highest BCUT2D eigenvalue weighted by molar-refractivity contribution is 9.10. The molecule has 0 saturated carbocycles. The largest absolute Gasteiger partial charge is 0.508 e. The lowest BCUT2D eigenvalue weighted by Crippen LogP contribution is -2.11. The molecule has 0 bridgehead atoms. The molecule has 0 atom stereocenters. The van der Waals surface area contributed by atoms with Crippen LogP contribution in [-0.2, 0) is 10.0 Å². The van der Waals surface area contributed by atoms with Crippen molar-refractivity contribution in [3.63, 3.8) is 0 Å². The molecule has 2 rings (SSSR count). The van der Waals surface area contributed by atoms with E-state index in [-0.39, 0.29) is 9.96 Å². The minimum atomic E-state index is -3.61. The van der Waals surface area contributed by atoms with Gasteiger partial charge in [-0.05, 0) is 39.5 Å². The third-order valence-corrected chi connectivity index (χ3v) is 5.98. The molecule has 7 heteroatoms. The second kappa shape index (κ2) is 4.67. The van der Waals surface area contributed by atoms with Gasteiger partial charge in [0.2, 0.25) is 0 Å². The van der Waals surface area contributed by atoms with Crippen molar-refractivity contribution >= 4 is 43.0 Å². The van der Waals surface area contributed by atoms with Crippen molar-refractivity contribution in [3.05, 3.63) is 40.2 Å². The van der Waals surface area contributed by atoms with E-state index in [0.717, 1.165) is 11.3 Å². The number of halogens is 1. The predicted octanol–water partition coefficient (Wildman–Crippen LogP) is 3.02. The molecule has 2 aromatic rings. The molecule has 0 fully saturated rings. The van der Waals surface area contributed by atoms with Crippen LogP contribution in [0.25, 0.3) is 0 Å². The number of hydrogen-bond donors (Lipinski definition) is 2. The van der Waals surface area contributed by atoms with Gasteiger partial charge in [0.15, 0.2) is 4.21 Å². The van der Waals surface area contributed by atoms with Gasteiger partial charge in [-0.15, -0.1) is 11.3 Å². The molecule has 0 spiro atoms. The van der Waals surface area contributed by atoms with Crippen molar-refractivity contribution in [1.29, 1.82) is 0 Å². The molecular formula is C10H8BrNO3S2. The van der Waals surface area contributed by atoms with Crippen molar-refractivity contribution in [2.24, 2.45) is 0 Å². The normalized spacial score (nSPS) is 11.4. The Morgan fingerprint density at radius 2 is 2.06 bits per heavy atom. The van der Waals surface area contributed by atoms with Crippen molar-refractivity contribution in [3.8, 4) is 5.75 Å². The van der Waals surface area contributed by atoms with Crippen molar-refractivity contribution in [1.82, 2.24) is 0 Å². The van der Waals surface area contributed by atoms with Crippen molar-refractivity contribution < 1.29 is 13.5 Å². The first-order valence-electron chi connectivity index (χ1n) is 4.54. The van der Waals surface area contributed by atoms with Crippen LogP contribution in [0.2, 0.25) is 0 Å². The van der Waals surface area contributed by atoms with E-state index in [0.29, 0.717) is 10.2 Å². The van der Waals surface area contributed by atoms with E-state index in [1.165, 1.54) is 12.1 Å². The first kappa shape index (κ1) is 12.4. The summed E-state index contributed by atoms with van der Waals surface area (Å²) in [4.78, 5) is 0. The van der Waals surface area contributed by atoms with Crippen LogP contribution in [0.3, 0.4) is 0 Å². The first-order valence-corrected chi connectivity index (χ1v) is 7.69. The van der Waals surface area contributed by atoms with E-state index in [9.17, 15) is 13.5 Å². The molecule has 0 amide bonds. The Morgan fingerprint density at radius 3 is 2.65 bits per heavy atom. The maximum atomic E-state index is 12.0. The molecule has 0 unspecified atom stereocenters. The molecule has 4 nitrogen and oxygen atoms in total. The fourth-order valence-corrected chi connectivity index (χ4v) is 4.63. The van der Waals surface area contributed by atoms with E-state index in [1.54, 1.807) is 23.6 Å². The number of phenols is 1. The van der Waals surface area contributed by atoms with E-state index >= 15 is 0 Å². The number of thiophene rings is 1. The van der Waals surface area contributed by atoms with Crippen LogP contribution in [0.1, 0.15) is 0 Å². The van der Waals surface area contributed by atoms with E-state index in [2.05, 4.69) is 20.7 Å². The number of benzene rings is 1. The summed E-state index contributed by atoms with van der Waals surface area (Å²) in [7, 11) is -3.61. The summed E-state index contributed by atoms with van der Waals surface area (Å²) in [6.45, 7) is 0. The Labute approximate surface area is 111 Å². The van der Waals surface area contributed by atoms with Gasteiger partial charge in [0.05, 0.1) is 5.69 Å². The van der Waals surface area contributed by atoms with Gasteiger partial charge in [-0.1, -0.05) is 6.07 Å². The molecule has 0 aliphatic heterocycles.